The fourth-order valence-corrected chi connectivity index (χ4v) is 2.60. The largest absolute Gasteiger partial charge is 0.399 e. The minimum atomic E-state index is -0.0856. The van der Waals surface area contributed by atoms with E-state index in [1.807, 2.05) is 49.4 Å². The van der Waals surface area contributed by atoms with Crippen molar-refractivity contribution in [1.82, 2.24) is 0 Å². The number of rotatable bonds is 4. The number of carbonyl (C=O) groups excluding carboxylic acids is 1. The van der Waals surface area contributed by atoms with Gasteiger partial charge in [0.25, 0.3) is 0 Å². The SMILES string of the molecule is Cc1ccc(NC(=O)CSc2ccc(N)cc2)c(Cl)c1. The van der Waals surface area contributed by atoms with E-state index in [1.54, 1.807) is 0 Å². The van der Waals surface area contributed by atoms with Crippen LogP contribution in [0, 0.1) is 6.92 Å². The number of aryl methyl sites for hydroxylation is 1. The van der Waals surface area contributed by atoms with Crippen molar-refractivity contribution >= 4 is 40.6 Å². The Labute approximate surface area is 127 Å². The van der Waals surface area contributed by atoms with Gasteiger partial charge in [0, 0.05) is 10.6 Å². The van der Waals surface area contributed by atoms with E-state index in [9.17, 15) is 4.79 Å². The van der Waals surface area contributed by atoms with Gasteiger partial charge in [0.05, 0.1) is 16.5 Å². The van der Waals surface area contributed by atoms with Crippen molar-refractivity contribution in [2.24, 2.45) is 0 Å². The van der Waals surface area contributed by atoms with Gasteiger partial charge in [-0.2, -0.15) is 0 Å². The zero-order valence-electron chi connectivity index (χ0n) is 11.0. The van der Waals surface area contributed by atoms with Gasteiger partial charge in [0.15, 0.2) is 0 Å². The van der Waals surface area contributed by atoms with Gasteiger partial charge in [0.2, 0.25) is 5.91 Å². The average Bonchev–Trinajstić information content (AvgIpc) is 2.41. The maximum Gasteiger partial charge on any atom is 0.234 e. The van der Waals surface area contributed by atoms with E-state index in [1.165, 1.54) is 11.8 Å². The molecular formula is C15H15ClN2OS. The molecule has 104 valence electrons. The van der Waals surface area contributed by atoms with Gasteiger partial charge in [-0.05, 0) is 48.9 Å². The van der Waals surface area contributed by atoms with Gasteiger partial charge in [-0.1, -0.05) is 17.7 Å². The van der Waals surface area contributed by atoms with Gasteiger partial charge in [-0.15, -0.1) is 11.8 Å². The quantitative estimate of drug-likeness (QED) is 0.664. The lowest BCUT2D eigenvalue weighted by atomic mass is 10.2. The molecule has 0 spiro atoms. The summed E-state index contributed by atoms with van der Waals surface area (Å²) in [5.41, 5.74) is 8.02. The van der Waals surface area contributed by atoms with E-state index in [0.29, 0.717) is 22.2 Å². The molecule has 2 aromatic carbocycles. The zero-order valence-corrected chi connectivity index (χ0v) is 12.6. The van der Waals surface area contributed by atoms with Gasteiger partial charge in [0.1, 0.15) is 0 Å². The van der Waals surface area contributed by atoms with Gasteiger partial charge in [-0.3, -0.25) is 4.79 Å². The second-order valence-electron chi connectivity index (χ2n) is 4.39. The second kappa shape index (κ2) is 6.68. The van der Waals surface area contributed by atoms with Gasteiger partial charge < -0.3 is 11.1 Å². The van der Waals surface area contributed by atoms with Crippen LogP contribution in [0.5, 0.6) is 0 Å². The number of anilines is 2. The number of amides is 1. The van der Waals surface area contributed by atoms with Crippen LogP contribution in [0.3, 0.4) is 0 Å². The average molecular weight is 307 g/mol. The Hall–Kier alpha value is -1.65. The number of carbonyl (C=O) groups is 1. The van der Waals surface area contributed by atoms with Crippen LogP contribution in [0.4, 0.5) is 11.4 Å². The number of nitrogen functional groups attached to an aromatic ring is 1. The molecule has 2 rings (SSSR count). The van der Waals surface area contributed by atoms with Crippen LogP contribution in [-0.2, 0) is 4.79 Å². The number of thioether (sulfide) groups is 1. The first-order chi connectivity index (χ1) is 9.54. The van der Waals surface area contributed by atoms with Gasteiger partial charge in [-0.25, -0.2) is 0 Å². The predicted molar refractivity (Wildman–Crippen MR) is 86.4 cm³/mol. The zero-order chi connectivity index (χ0) is 14.5. The minimum absolute atomic E-state index is 0.0856. The van der Waals surface area contributed by atoms with Crippen molar-refractivity contribution in [2.75, 3.05) is 16.8 Å². The summed E-state index contributed by atoms with van der Waals surface area (Å²) in [5, 5.41) is 3.35. The number of halogens is 1. The molecule has 20 heavy (non-hydrogen) atoms. The number of hydrogen-bond acceptors (Lipinski definition) is 3. The number of nitrogens with two attached hydrogens (primary N) is 1. The highest BCUT2D eigenvalue weighted by Crippen LogP contribution is 2.24. The summed E-state index contributed by atoms with van der Waals surface area (Å²) >= 11 is 7.53. The Morgan fingerprint density at radius 2 is 1.95 bits per heavy atom. The van der Waals surface area contributed by atoms with Crippen molar-refractivity contribution < 1.29 is 4.79 Å². The summed E-state index contributed by atoms with van der Waals surface area (Å²) in [4.78, 5) is 12.9. The summed E-state index contributed by atoms with van der Waals surface area (Å²) < 4.78 is 0. The standard InChI is InChI=1S/C15H15ClN2OS/c1-10-2-7-14(13(16)8-10)18-15(19)9-20-12-5-3-11(17)4-6-12/h2-8H,9,17H2,1H3,(H,18,19). The molecule has 0 saturated heterocycles. The normalized spacial score (nSPS) is 10.3. The molecule has 0 radical (unpaired) electrons. The molecule has 0 saturated carbocycles. The first-order valence-electron chi connectivity index (χ1n) is 6.09. The maximum absolute atomic E-state index is 11.9. The first kappa shape index (κ1) is 14.8. The molecule has 2 aromatic rings. The lowest BCUT2D eigenvalue weighted by molar-refractivity contribution is -0.113. The Morgan fingerprint density at radius 1 is 1.25 bits per heavy atom. The third-order valence-corrected chi connectivity index (χ3v) is 3.97. The molecule has 0 fully saturated rings. The molecular weight excluding hydrogens is 292 g/mol. The Kier molecular flexibility index (Phi) is 4.93. The summed E-state index contributed by atoms with van der Waals surface area (Å²) in [6.45, 7) is 1.95. The predicted octanol–water partition coefficient (Wildman–Crippen LogP) is 3.96. The molecule has 0 heterocycles. The van der Waals surface area contributed by atoms with Crippen LogP contribution in [0.15, 0.2) is 47.4 Å². The molecule has 5 heteroatoms. The van der Waals surface area contributed by atoms with Crippen LogP contribution >= 0.6 is 23.4 Å². The van der Waals surface area contributed by atoms with Crippen molar-refractivity contribution in [3.8, 4) is 0 Å². The fourth-order valence-electron chi connectivity index (χ4n) is 1.62. The van der Waals surface area contributed by atoms with Crippen molar-refractivity contribution in [3.63, 3.8) is 0 Å². The first-order valence-corrected chi connectivity index (χ1v) is 7.45. The Balaban J connectivity index is 1.90. The number of hydrogen-bond donors (Lipinski definition) is 2. The van der Waals surface area contributed by atoms with Crippen LogP contribution in [0.2, 0.25) is 5.02 Å². The molecule has 0 aliphatic carbocycles. The summed E-state index contributed by atoms with van der Waals surface area (Å²) in [6.07, 6.45) is 0. The van der Waals surface area contributed by atoms with Crippen molar-refractivity contribution in [3.05, 3.63) is 53.1 Å². The highest BCUT2D eigenvalue weighted by Gasteiger charge is 2.06. The maximum atomic E-state index is 11.9. The summed E-state index contributed by atoms with van der Waals surface area (Å²) in [7, 11) is 0. The van der Waals surface area contributed by atoms with Crippen LogP contribution in [0.25, 0.3) is 0 Å². The van der Waals surface area contributed by atoms with E-state index in [2.05, 4.69) is 5.32 Å². The van der Waals surface area contributed by atoms with E-state index in [4.69, 9.17) is 17.3 Å². The van der Waals surface area contributed by atoms with Crippen molar-refractivity contribution in [2.45, 2.75) is 11.8 Å². The minimum Gasteiger partial charge on any atom is -0.399 e. The molecule has 0 aliphatic heterocycles. The molecule has 0 aliphatic rings. The summed E-state index contributed by atoms with van der Waals surface area (Å²) in [5.74, 6) is 0.242. The third-order valence-electron chi connectivity index (χ3n) is 2.65. The lowest BCUT2D eigenvalue weighted by Gasteiger charge is -2.08. The molecule has 0 bridgehead atoms. The smallest absolute Gasteiger partial charge is 0.234 e. The fraction of sp³-hybridized carbons (Fsp3) is 0.133. The van der Waals surface area contributed by atoms with E-state index in [-0.39, 0.29) is 5.91 Å². The van der Waals surface area contributed by atoms with Crippen LogP contribution < -0.4 is 11.1 Å². The number of benzene rings is 2. The van der Waals surface area contributed by atoms with Crippen molar-refractivity contribution in [1.29, 1.82) is 0 Å². The molecule has 0 aromatic heterocycles. The van der Waals surface area contributed by atoms with Gasteiger partial charge >= 0.3 is 0 Å². The molecule has 3 N–H and O–H groups in total. The van der Waals surface area contributed by atoms with E-state index >= 15 is 0 Å². The number of nitrogens with one attached hydrogen (secondary N) is 1. The second-order valence-corrected chi connectivity index (χ2v) is 5.85. The monoisotopic (exact) mass is 306 g/mol. The molecule has 1 amide bonds. The Bertz CT molecular complexity index is 614. The Morgan fingerprint density at radius 3 is 2.60 bits per heavy atom. The molecule has 0 atom stereocenters. The molecule has 3 nitrogen and oxygen atoms in total. The van der Waals surface area contributed by atoms with Crippen LogP contribution in [0.1, 0.15) is 5.56 Å². The van der Waals surface area contributed by atoms with Crippen LogP contribution in [-0.4, -0.2) is 11.7 Å². The highest BCUT2D eigenvalue weighted by atomic mass is 35.5. The lowest BCUT2D eigenvalue weighted by Crippen LogP contribution is -2.14. The molecule has 0 unspecified atom stereocenters. The third kappa shape index (κ3) is 4.18. The summed E-state index contributed by atoms with van der Waals surface area (Å²) in [6, 6.07) is 13.0. The van der Waals surface area contributed by atoms with E-state index in [0.717, 1.165) is 10.5 Å². The topological polar surface area (TPSA) is 55.1 Å². The van der Waals surface area contributed by atoms with E-state index < -0.39 is 0 Å². The highest BCUT2D eigenvalue weighted by molar-refractivity contribution is 8.00.